The van der Waals surface area contributed by atoms with Crippen molar-refractivity contribution < 1.29 is 42.1 Å². The first-order valence-electron chi connectivity index (χ1n) is 10.4. The molecule has 1 aliphatic rings. The molecule has 0 saturated carbocycles. The minimum atomic E-state index is -4.67. The summed E-state index contributed by atoms with van der Waals surface area (Å²) in [5.41, 5.74) is 6.40. The van der Waals surface area contributed by atoms with Crippen molar-refractivity contribution in [3.05, 3.63) is 40.2 Å². The third-order valence-electron chi connectivity index (χ3n) is 4.75. The summed E-state index contributed by atoms with van der Waals surface area (Å²) in [6.07, 6.45) is -0.587. The lowest BCUT2D eigenvalue weighted by Crippen LogP contribution is -2.41. The Bertz CT molecular complexity index is 1290. The van der Waals surface area contributed by atoms with Gasteiger partial charge in [-0.1, -0.05) is 0 Å². The number of fused-ring (bicyclic) bond motifs is 1. The summed E-state index contributed by atoms with van der Waals surface area (Å²) < 4.78 is 31.6. The van der Waals surface area contributed by atoms with Crippen LogP contribution in [-0.2, 0) is 20.0 Å². The minimum Gasteiger partial charge on any atom is -0.481 e. The molecule has 2 heterocycles. The summed E-state index contributed by atoms with van der Waals surface area (Å²) in [6.45, 7) is 0.960. The zero-order valence-corrected chi connectivity index (χ0v) is 19.8. The predicted molar refractivity (Wildman–Crippen MR) is 130 cm³/mol. The Morgan fingerprint density at radius 3 is 2.35 bits per heavy atom. The number of H-pyrrole nitrogens is 1. The third kappa shape index (κ3) is 9.99. The molecule has 2 aromatic rings. The van der Waals surface area contributed by atoms with Gasteiger partial charge in [0, 0.05) is 30.8 Å². The second kappa shape index (κ2) is 12.5. The number of hydrogen-bond donors (Lipinski definition) is 10. The lowest BCUT2D eigenvalue weighted by Gasteiger charge is -2.27. The molecule has 202 valence electrons. The number of nitrogen functional groups attached to an aromatic ring is 1. The van der Waals surface area contributed by atoms with E-state index in [0.717, 1.165) is 0 Å². The highest BCUT2D eigenvalue weighted by Gasteiger charge is 2.23. The Kier molecular flexibility index (Phi) is 9.75. The number of nitrogens with two attached hydrogens (primary N) is 1. The number of carboxylic acid groups (broad SMARTS) is 2. The number of benzene rings is 1. The number of aliphatic carboxylic acids is 2. The van der Waals surface area contributed by atoms with Crippen molar-refractivity contribution in [2.75, 3.05) is 34.8 Å². The van der Waals surface area contributed by atoms with Crippen LogP contribution >= 0.6 is 0 Å². The summed E-state index contributed by atoms with van der Waals surface area (Å²) in [7, 11) is -4.67. The molecule has 1 aliphatic heterocycles. The van der Waals surface area contributed by atoms with Crippen molar-refractivity contribution in [2.24, 2.45) is 0 Å². The molecule has 2 atom stereocenters. The van der Waals surface area contributed by atoms with Gasteiger partial charge in [0.25, 0.3) is 11.5 Å². The summed E-state index contributed by atoms with van der Waals surface area (Å²) in [4.78, 5) is 52.6. The van der Waals surface area contributed by atoms with Gasteiger partial charge < -0.3 is 37.2 Å². The van der Waals surface area contributed by atoms with Crippen molar-refractivity contribution in [1.82, 2.24) is 15.3 Å². The maximum Gasteiger partial charge on any atom is 0.394 e. The van der Waals surface area contributed by atoms with Gasteiger partial charge in [0.2, 0.25) is 5.95 Å². The van der Waals surface area contributed by atoms with Gasteiger partial charge in [-0.05, 0) is 30.7 Å². The van der Waals surface area contributed by atoms with Crippen LogP contribution in [0.4, 0.5) is 23.1 Å². The van der Waals surface area contributed by atoms with Gasteiger partial charge in [0.1, 0.15) is 11.7 Å². The molecule has 17 nitrogen and oxygen atoms in total. The number of carboxylic acids is 2. The van der Waals surface area contributed by atoms with E-state index in [4.69, 9.17) is 33.5 Å². The number of nitrogens with one attached hydrogen (secondary N) is 5. The predicted octanol–water partition coefficient (Wildman–Crippen LogP) is -0.935. The van der Waals surface area contributed by atoms with Crippen LogP contribution in [0.5, 0.6) is 0 Å². The van der Waals surface area contributed by atoms with Crippen molar-refractivity contribution in [3.8, 4) is 0 Å². The molecule has 37 heavy (non-hydrogen) atoms. The molecule has 3 rings (SSSR count). The Labute approximate surface area is 209 Å². The molecule has 0 fully saturated rings. The number of carbonyl (C=O) groups excluding carboxylic acids is 1. The molecule has 0 bridgehead atoms. The molecule has 0 aliphatic carbocycles. The van der Waals surface area contributed by atoms with Gasteiger partial charge in [0.05, 0.1) is 6.04 Å². The standard InChI is InChI=1S/C19H23N7O6.H2O4S/c20-19-25-15-14(17(30)26-19)23-11(8-22-15)7-21-10-3-1-9(2-4-10)16(29)24-12(18(31)32)5-6-13(27)28;1-5(2,3)4/h1-4,11-12,21,23H,5-8H2,(H,24,29)(H,27,28)(H,31,32)(H4,20,22,25,26,30);(H2,1,2,3,4)/t11?,12-;/m0./s1. The first-order chi connectivity index (χ1) is 17.2. The van der Waals surface area contributed by atoms with Crippen molar-refractivity contribution in [1.29, 1.82) is 0 Å². The first kappa shape index (κ1) is 28.8. The van der Waals surface area contributed by atoms with E-state index >= 15 is 0 Å². The molecule has 0 saturated heterocycles. The molecule has 0 radical (unpaired) electrons. The van der Waals surface area contributed by atoms with Crippen LogP contribution in [0, 0.1) is 0 Å². The lowest BCUT2D eigenvalue weighted by molar-refractivity contribution is -0.140. The summed E-state index contributed by atoms with van der Waals surface area (Å²) in [5, 5.41) is 29.5. The zero-order valence-electron chi connectivity index (χ0n) is 19.0. The van der Waals surface area contributed by atoms with Crippen LogP contribution in [0.1, 0.15) is 23.2 Å². The van der Waals surface area contributed by atoms with Gasteiger partial charge in [-0.3, -0.25) is 28.5 Å². The minimum absolute atomic E-state index is 0.0281. The monoisotopic (exact) mass is 543 g/mol. The van der Waals surface area contributed by atoms with Gasteiger partial charge in [-0.2, -0.15) is 13.4 Å². The van der Waals surface area contributed by atoms with E-state index in [1.54, 1.807) is 12.1 Å². The van der Waals surface area contributed by atoms with Gasteiger partial charge in [-0.25, -0.2) is 4.79 Å². The topological polar surface area (TPSA) is 286 Å². The van der Waals surface area contributed by atoms with E-state index in [-0.39, 0.29) is 36.0 Å². The number of rotatable bonds is 9. The number of amides is 1. The quantitative estimate of drug-likeness (QED) is 0.171. The van der Waals surface area contributed by atoms with Crippen molar-refractivity contribution >= 4 is 51.4 Å². The fourth-order valence-electron chi connectivity index (χ4n) is 3.10. The maximum absolute atomic E-state index is 12.3. The molecule has 1 aromatic carbocycles. The number of aromatic nitrogens is 2. The van der Waals surface area contributed by atoms with Crippen LogP contribution in [0.2, 0.25) is 0 Å². The highest BCUT2D eigenvalue weighted by molar-refractivity contribution is 7.79. The summed E-state index contributed by atoms with van der Waals surface area (Å²) in [5.74, 6) is -2.64. The second-order valence-electron chi connectivity index (χ2n) is 7.60. The summed E-state index contributed by atoms with van der Waals surface area (Å²) in [6, 6.07) is 4.93. The van der Waals surface area contributed by atoms with Crippen LogP contribution in [0.25, 0.3) is 0 Å². The van der Waals surface area contributed by atoms with E-state index in [2.05, 4.69) is 31.2 Å². The second-order valence-corrected chi connectivity index (χ2v) is 8.50. The van der Waals surface area contributed by atoms with Crippen LogP contribution < -0.4 is 32.6 Å². The van der Waals surface area contributed by atoms with Gasteiger partial charge in [0.15, 0.2) is 5.82 Å². The Hall–Kier alpha value is -4.42. The summed E-state index contributed by atoms with van der Waals surface area (Å²) >= 11 is 0. The largest absolute Gasteiger partial charge is 0.481 e. The van der Waals surface area contributed by atoms with E-state index < -0.39 is 34.3 Å². The van der Waals surface area contributed by atoms with Crippen LogP contribution in [0.15, 0.2) is 29.1 Å². The van der Waals surface area contributed by atoms with E-state index in [1.165, 1.54) is 12.1 Å². The number of anilines is 4. The number of aromatic amines is 1. The van der Waals surface area contributed by atoms with Gasteiger partial charge >= 0.3 is 22.3 Å². The van der Waals surface area contributed by atoms with E-state index in [0.29, 0.717) is 30.3 Å². The molecule has 1 amide bonds. The number of carbonyl (C=O) groups is 3. The average Bonchev–Trinajstić information content (AvgIpc) is 2.79. The van der Waals surface area contributed by atoms with E-state index in [9.17, 15) is 19.2 Å². The molecule has 18 heteroatoms. The molecule has 1 unspecified atom stereocenters. The molecule has 11 N–H and O–H groups in total. The lowest BCUT2D eigenvalue weighted by atomic mass is 10.1. The van der Waals surface area contributed by atoms with Crippen LogP contribution in [0.3, 0.4) is 0 Å². The molecule has 0 spiro atoms. The number of nitrogens with zero attached hydrogens (tertiary/aromatic N) is 1. The number of hydrogen-bond acceptors (Lipinski definition) is 11. The van der Waals surface area contributed by atoms with Crippen molar-refractivity contribution in [2.45, 2.75) is 24.9 Å². The normalized spacial score (nSPS) is 14.9. The highest BCUT2D eigenvalue weighted by atomic mass is 32.3. The van der Waals surface area contributed by atoms with Crippen LogP contribution in [-0.4, -0.2) is 80.7 Å². The smallest absolute Gasteiger partial charge is 0.394 e. The molecular weight excluding hydrogens is 518 g/mol. The SMILES string of the molecule is Nc1nc2c(c(=O)[nH]1)NC(CNc1ccc(C(=O)N[C@@H](CCC(=O)O)C(=O)O)cc1)CN2.O=S(=O)(O)O. The Balaban J connectivity index is 0.000000877. The maximum atomic E-state index is 12.3. The highest BCUT2D eigenvalue weighted by Crippen LogP contribution is 2.20. The molecule has 1 aromatic heterocycles. The van der Waals surface area contributed by atoms with Crippen molar-refractivity contribution in [3.63, 3.8) is 0 Å². The average molecular weight is 544 g/mol. The fourth-order valence-corrected chi connectivity index (χ4v) is 3.10. The third-order valence-corrected chi connectivity index (χ3v) is 4.75. The first-order valence-corrected chi connectivity index (χ1v) is 11.8. The Morgan fingerprint density at radius 1 is 1.16 bits per heavy atom. The van der Waals surface area contributed by atoms with E-state index in [1.807, 2.05) is 0 Å². The Morgan fingerprint density at radius 2 is 1.78 bits per heavy atom. The van der Waals surface area contributed by atoms with Gasteiger partial charge in [-0.15, -0.1) is 0 Å². The molecular formula is C19H25N7O10S. The zero-order chi connectivity index (χ0) is 27.8. The fraction of sp³-hybridized carbons (Fsp3) is 0.316.